The fraction of sp³-hybridized carbons (Fsp3) is 0.0714. The number of sulfonamides is 1. The van der Waals surface area contributed by atoms with E-state index in [0.29, 0.717) is 16.9 Å². The second-order valence-electron chi connectivity index (χ2n) is 4.46. The van der Waals surface area contributed by atoms with Gasteiger partial charge in [-0.15, -0.1) is 0 Å². The van der Waals surface area contributed by atoms with E-state index >= 15 is 0 Å². The minimum absolute atomic E-state index is 0.0739. The zero-order chi connectivity index (χ0) is 15.6. The number of anilines is 3. The Labute approximate surface area is 123 Å². The number of hydrogen-bond acceptors (Lipinski definition) is 5. The summed E-state index contributed by atoms with van der Waals surface area (Å²) in [5.74, 6) is 0. The van der Waals surface area contributed by atoms with E-state index in [1.54, 1.807) is 48.3 Å². The molecule has 0 unspecified atom stereocenters. The number of primary sulfonamides is 1. The molecule has 0 saturated heterocycles. The molecule has 0 bridgehead atoms. The van der Waals surface area contributed by atoms with Gasteiger partial charge in [0.25, 0.3) is 0 Å². The van der Waals surface area contributed by atoms with Crippen LogP contribution in [-0.4, -0.2) is 15.5 Å². The summed E-state index contributed by atoms with van der Waals surface area (Å²) in [7, 11) is -2.16. The van der Waals surface area contributed by atoms with Gasteiger partial charge in [-0.25, -0.2) is 13.6 Å². The monoisotopic (exact) mass is 302 g/mol. The first-order valence-electron chi connectivity index (χ1n) is 6.00. The molecule has 4 N–H and O–H groups in total. The smallest absolute Gasteiger partial charge is 0.240 e. The SMILES string of the molecule is CN(c1cccc(C#N)c1)c1cccc(S(N)(=O)=O)c1N. The Bertz CT molecular complexity index is 825. The molecule has 0 amide bonds. The summed E-state index contributed by atoms with van der Waals surface area (Å²) in [5.41, 5.74) is 7.70. The van der Waals surface area contributed by atoms with Crippen molar-refractivity contribution < 1.29 is 8.42 Å². The number of benzene rings is 2. The molecule has 0 saturated carbocycles. The van der Waals surface area contributed by atoms with Crippen LogP contribution in [0.4, 0.5) is 17.1 Å². The summed E-state index contributed by atoms with van der Waals surface area (Å²) in [6, 6.07) is 13.6. The zero-order valence-electron chi connectivity index (χ0n) is 11.3. The van der Waals surface area contributed by atoms with E-state index in [1.165, 1.54) is 6.07 Å². The molecule has 2 aromatic carbocycles. The zero-order valence-corrected chi connectivity index (χ0v) is 12.1. The van der Waals surface area contributed by atoms with Crippen molar-refractivity contribution in [3.63, 3.8) is 0 Å². The molecule has 0 atom stereocenters. The van der Waals surface area contributed by atoms with E-state index in [2.05, 4.69) is 6.07 Å². The number of para-hydroxylation sites is 1. The summed E-state index contributed by atoms with van der Waals surface area (Å²) < 4.78 is 23.0. The molecule has 0 spiro atoms. The second-order valence-corrected chi connectivity index (χ2v) is 5.98. The lowest BCUT2D eigenvalue weighted by Gasteiger charge is -2.22. The van der Waals surface area contributed by atoms with Gasteiger partial charge < -0.3 is 10.6 Å². The van der Waals surface area contributed by atoms with E-state index in [1.807, 2.05) is 0 Å². The largest absolute Gasteiger partial charge is 0.396 e. The van der Waals surface area contributed by atoms with Gasteiger partial charge in [-0.2, -0.15) is 5.26 Å². The third-order valence-electron chi connectivity index (χ3n) is 3.07. The Balaban J connectivity index is 2.54. The van der Waals surface area contributed by atoms with Crippen LogP contribution in [0.1, 0.15) is 5.56 Å². The van der Waals surface area contributed by atoms with Crippen molar-refractivity contribution in [1.82, 2.24) is 0 Å². The first-order valence-corrected chi connectivity index (χ1v) is 7.54. The van der Waals surface area contributed by atoms with Crippen LogP contribution in [0.15, 0.2) is 47.4 Å². The molecule has 0 aliphatic rings. The van der Waals surface area contributed by atoms with Crippen LogP contribution in [0, 0.1) is 11.3 Å². The number of nitriles is 1. The van der Waals surface area contributed by atoms with E-state index in [0.717, 1.165) is 0 Å². The maximum atomic E-state index is 11.5. The van der Waals surface area contributed by atoms with Gasteiger partial charge in [0.05, 0.1) is 23.0 Å². The van der Waals surface area contributed by atoms with Crippen molar-refractivity contribution in [3.05, 3.63) is 48.0 Å². The maximum Gasteiger partial charge on any atom is 0.240 e. The summed E-state index contributed by atoms with van der Waals surface area (Å²) >= 11 is 0. The van der Waals surface area contributed by atoms with Gasteiger partial charge in [0, 0.05) is 12.7 Å². The second kappa shape index (κ2) is 5.44. The van der Waals surface area contributed by atoms with E-state index in [-0.39, 0.29) is 10.6 Å². The highest BCUT2D eigenvalue weighted by Gasteiger charge is 2.17. The van der Waals surface area contributed by atoms with Crippen molar-refractivity contribution in [1.29, 1.82) is 5.26 Å². The predicted molar refractivity (Wildman–Crippen MR) is 81.4 cm³/mol. The number of rotatable bonds is 3. The van der Waals surface area contributed by atoms with Crippen LogP contribution in [0.25, 0.3) is 0 Å². The third kappa shape index (κ3) is 2.97. The number of hydrogen-bond donors (Lipinski definition) is 2. The molecule has 108 valence electrons. The van der Waals surface area contributed by atoms with Crippen LogP contribution in [0.3, 0.4) is 0 Å². The van der Waals surface area contributed by atoms with Crippen LogP contribution < -0.4 is 15.8 Å². The number of nitrogens with zero attached hydrogens (tertiary/aromatic N) is 2. The van der Waals surface area contributed by atoms with Crippen LogP contribution in [0.2, 0.25) is 0 Å². The Hall–Kier alpha value is -2.56. The van der Waals surface area contributed by atoms with Crippen LogP contribution in [0.5, 0.6) is 0 Å². The summed E-state index contributed by atoms with van der Waals surface area (Å²) in [6.07, 6.45) is 0. The van der Waals surface area contributed by atoms with Gasteiger partial charge in [-0.05, 0) is 30.3 Å². The minimum atomic E-state index is -3.89. The molecule has 0 aromatic heterocycles. The van der Waals surface area contributed by atoms with Crippen LogP contribution >= 0.6 is 0 Å². The van der Waals surface area contributed by atoms with Crippen LogP contribution in [-0.2, 0) is 10.0 Å². The summed E-state index contributed by atoms with van der Waals surface area (Å²) in [4.78, 5) is 1.58. The molecule has 0 radical (unpaired) electrons. The molecule has 7 heteroatoms. The minimum Gasteiger partial charge on any atom is -0.396 e. The Morgan fingerprint density at radius 1 is 1.19 bits per heavy atom. The summed E-state index contributed by atoms with van der Waals surface area (Å²) in [6.45, 7) is 0. The third-order valence-corrected chi connectivity index (χ3v) is 4.04. The molecular formula is C14H14N4O2S. The van der Waals surface area contributed by atoms with Gasteiger partial charge in [0.2, 0.25) is 10.0 Å². The molecule has 0 aliphatic carbocycles. The molecule has 0 fully saturated rings. The lowest BCUT2D eigenvalue weighted by Crippen LogP contribution is -2.17. The molecule has 0 aliphatic heterocycles. The van der Waals surface area contributed by atoms with Gasteiger partial charge in [0.15, 0.2) is 0 Å². The molecule has 6 nitrogen and oxygen atoms in total. The standard InChI is InChI=1S/C14H14N4O2S/c1-18(11-5-2-4-10(8-11)9-15)12-6-3-7-13(14(12)16)21(17,19)20/h2-8H,16H2,1H3,(H2,17,19,20). The van der Waals surface area contributed by atoms with Crippen molar-refractivity contribution >= 4 is 27.1 Å². The average molecular weight is 302 g/mol. The quantitative estimate of drug-likeness (QED) is 0.835. The van der Waals surface area contributed by atoms with Gasteiger partial charge >= 0.3 is 0 Å². The molecule has 2 rings (SSSR count). The summed E-state index contributed by atoms with van der Waals surface area (Å²) in [5, 5.41) is 14.1. The fourth-order valence-electron chi connectivity index (χ4n) is 2.00. The number of nitrogens with two attached hydrogens (primary N) is 2. The lowest BCUT2D eigenvalue weighted by atomic mass is 10.2. The first-order chi connectivity index (χ1) is 9.84. The predicted octanol–water partition coefficient (Wildman–Crippen LogP) is 1.56. The Morgan fingerprint density at radius 2 is 1.86 bits per heavy atom. The Morgan fingerprint density at radius 3 is 2.48 bits per heavy atom. The lowest BCUT2D eigenvalue weighted by molar-refractivity contribution is 0.598. The van der Waals surface area contributed by atoms with Crippen molar-refractivity contribution in [2.45, 2.75) is 4.90 Å². The number of nitrogen functional groups attached to an aromatic ring is 1. The highest BCUT2D eigenvalue weighted by molar-refractivity contribution is 7.89. The molecule has 0 heterocycles. The highest BCUT2D eigenvalue weighted by Crippen LogP contribution is 2.33. The normalized spacial score (nSPS) is 10.9. The Kier molecular flexibility index (Phi) is 3.84. The first kappa shape index (κ1) is 14.8. The maximum absolute atomic E-state index is 11.5. The van der Waals surface area contributed by atoms with Gasteiger partial charge in [-0.1, -0.05) is 12.1 Å². The molecule has 2 aromatic rings. The highest BCUT2D eigenvalue weighted by atomic mass is 32.2. The van der Waals surface area contributed by atoms with Crippen molar-refractivity contribution in [2.24, 2.45) is 5.14 Å². The molecular weight excluding hydrogens is 288 g/mol. The van der Waals surface area contributed by atoms with Crippen molar-refractivity contribution in [3.8, 4) is 6.07 Å². The molecule has 21 heavy (non-hydrogen) atoms. The topological polar surface area (TPSA) is 113 Å². The van der Waals surface area contributed by atoms with E-state index < -0.39 is 10.0 Å². The van der Waals surface area contributed by atoms with E-state index in [4.69, 9.17) is 16.1 Å². The van der Waals surface area contributed by atoms with Gasteiger partial charge in [-0.3, -0.25) is 0 Å². The van der Waals surface area contributed by atoms with Gasteiger partial charge in [0.1, 0.15) is 4.90 Å². The van der Waals surface area contributed by atoms with E-state index in [9.17, 15) is 8.42 Å². The fourth-order valence-corrected chi connectivity index (χ4v) is 2.68. The van der Waals surface area contributed by atoms with Crippen molar-refractivity contribution in [2.75, 3.05) is 17.7 Å². The average Bonchev–Trinajstić information content (AvgIpc) is 2.45.